The van der Waals surface area contributed by atoms with Crippen molar-refractivity contribution < 1.29 is 23.8 Å². The molecule has 0 aliphatic carbocycles. The maximum absolute atomic E-state index is 12.7. The van der Waals surface area contributed by atoms with Gasteiger partial charge in [-0.05, 0) is 70.2 Å². The van der Waals surface area contributed by atoms with Gasteiger partial charge in [-0.25, -0.2) is 5.43 Å². The number of benzene rings is 2. The van der Waals surface area contributed by atoms with E-state index in [1.807, 2.05) is 6.92 Å². The molecule has 9 heteroatoms. The van der Waals surface area contributed by atoms with Gasteiger partial charge < -0.3 is 19.5 Å². The Hall–Kier alpha value is -3.07. The van der Waals surface area contributed by atoms with Gasteiger partial charge in [-0.1, -0.05) is 20.8 Å². The SMILES string of the molecule is CCCOc1c(Br)cc(C=NNC(=O)C(C(=O)Nc2ccc(OC)cc2)C(C)C)cc1OC. The predicted molar refractivity (Wildman–Crippen MR) is 132 cm³/mol. The van der Waals surface area contributed by atoms with Gasteiger partial charge in [-0.2, -0.15) is 5.10 Å². The first-order chi connectivity index (χ1) is 15.8. The topological polar surface area (TPSA) is 98.2 Å². The number of nitrogens with zero attached hydrogens (tertiary/aromatic N) is 1. The van der Waals surface area contributed by atoms with Crippen molar-refractivity contribution in [3.8, 4) is 17.2 Å². The first-order valence-corrected chi connectivity index (χ1v) is 11.4. The number of carbonyl (C=O) groups excluding carboxylic acids is 2. The van der Waals surface area contributed by atoms with Gasteiger partial charge >= 0.3 is 0 Å². The van der Waals surface area contributed by atoms with Crippen molar-refractivity contribution in [2.45, 2.75) is 27.2 Å². The van der Waals surface area contributed by atoms with Crippen molar-refractivity contribution in [1.82, 2.24) is 5.43 Å². The third-order valence-electron chi connectivity index (χ3n) is 4.68. The second-order valence-corrected chi connectivity index (χ2v) is 8.41. The molecule has 0 aromatic heterocycles. The first-order valence-electron chi connectivity index (χ1n) is 10.6. The molecule has 0 aliphatic rings. The van der Waals surface area contributed by atoms with Crippen molar-refractivity contribution in [3.63, 3.8) is 0 Å². The fourth-order valence-electron chi connectivity index (χ4n) is 3.02. The molecular weight excluding hydrogens is 490 g/mol. The summed E-state index contributed by atoms with van der Waals surface area (Å²) < 4.78 is 16.9. The monoisotopic (exact) mass is 519 g/mol. The zero-order valence-corrected chi connectivity index (χ0v) is 21.1. The fraction of sp³-hybridized carbons (Fsp3) is 0.375. The van der Waals surface area contributed by atoms with Crippen molar-refractivity contribution in [1.29, 1.82) is 0 Å². The Morgan fingerprint density at radius 2 is 1.79 bits per heavy atom. The number of anilines is 1. The maximum Gasteiger partial charge on any atom is 0.252 e. The highest BCUT2D eigenvalue weighted by atomic mass is 79.9. The van der Waals surface area contributed by atoms with Gasteiger partial charge in [0.15, 0.2) is 11.5 Å². The van der Waals surface area contributed by atoms with E-state index in [-0.39, 0.29) is 5.92 Å². The molecule has 2 amide bonds. The molecule has 0 heterocycles. The second kappa shape index (κ2) is 12.8. The van der Waals surface area contributed by atoms with E-state index in [1.54, 1.807) is 64.5 Å². The van der Waals surface area contributed by atoms with Crippen molar-refractivity contribution in [3.05, 3.63) is 46.4 Å². The Bertz CT molecular complexity index is 977. The molecule has 2 rings (SSSR count). The highest BCUT2D eigenvalue weighted by molar-refractivity contribution is 9.10. The summed E-state index contributed by atoms with van der Waals surface area (Å²) in [4.78, 5) is 25.5. The normalized spacial score (nSPS) is 11.8. The molecule has 2 aromatic rings. The summed E-state index contributed by atoms with van der Waals surface area (Å²) in [5.74, 6) is -0.238. The molecule has 0 spiro atoms. The van der Waals surface area contributed by atoms with Crippen LogP contribution in [0.3, 0.4) is 0 Å². The van der Waals surface area contributed by atoms with E-state index in [0.717, 1.165) is 6.42 Å². The molecule has 33 heavy (non-hydrogen) atoms. The summed E-state index contributed by atoms with van der Waals surface area (Å²) >= 11 is 3.48. The number of halogens is 1. The van der Waals surface area contributed by atoms with E-state index in [0.29, 0.717) is 39.6 Å². The van der Waals surface area contributed by atoms with Crippen LogP contribution in [0, 0.1) is 11.8 Å². The number of hydrazone groups is 1. The maximum atomic E-state index is 12.7. The van der Waals surface area contributed by atoms with Crippen LogP contribution in [-0.2, 0) is 9.59 Å². The standard InChI is InChI=1S/C24H30BrN3O5/c1-6-11-33-22-19(25)12-16(13-20(22)32-5)14-26-28-24(30)21(15(2)3)23(29)27-17-7-9-18(31-4)10-8-17/h7-10,12-15,21H,6,11H2,1-5H3,(H,27,29)(H,28,30). The third-order valence-corrected chi connectivity index (χ3v) is 5.27. The van der Waals surface area contributed by atoms with Crippen molar-refractivity contribution >= 4 is 39.6 Å². The minimum Gasteiger partial charge on any atom is -0.497 e. The number of methoxy groups -OCH3 is 2. The molecule has 0 radical (unpaired) electrons. The lowest BCUT2D eigenvalue weighted by Gasteiger charge is -2.18. The van der Waals surface area contributed by atoms with E-state index < -0.39 is 17.7 Å². The smallest absolute Gasteiger partial charge is 0.252 e. The van der Waals surface area contributed by atoms with Gasteiger partial charge in [-0.3, -0.25) is 9.59 Å². The summed E-state index contributed by atoms with van der Waals surface area (Å²) in [5, 5.41) is 6.79. The van der Waals surface area contributed by atoms with E-state index >= 15 is 0 Å². The minimum absolute atomic E-state index is 0.234. The first kappa shape index (κ1) is 26.2. The van der Waals surface area contributed by atoms with Crippen LogP contribution in [0.25, 0.3) is 0 Å². The molecule has 0 saturated carbocycles. The number of hydrogen-bond acceptors (Lipinski definition) is 6. The van der Waals surface area contributed by atoms with Crippen LogP contribution in [0.2, 0.25) is 0 Å². The number of hydrogen-bond donors (Lipinski definition) is 2. The van der Waals surface area contributed by atoms with Gasteiger partial charge in [-0.15, -0.1) is 0 Å². The van der Waals surface area contributed by atoms with Crippen LogP contribution >= 0.6 is 15.9 Å². The van der Waals surface area contributed by atoms with Gasteiger partial charge in [0, 0.05) is 5.69 Å². The lowest BCUT2D eigenvalue weighted by Crippen LogP contribution is -2.39. The van der Waals surface area contributed by atoms with Crippen LogP contribution in [0.15, 0.2) is 46.0 Å². The van der Waals surface area contributed by atoms with E-state index in [4.69, 9.17) is 14.2 Å². The Morgan fingerprint density at radius 1 is 1.09 bits per heavy atom. The largest absolute Gasteiger partial charge is 0.497 e. The summed E-state index contributed by atoms with van der Waals surface area (Å²) in [7, 11) is 3.12. The summed E-state index contributed by atoms with van der Waals surface area (Å²) in [6.07, 6.45) is 2.35. The van der Waals surface area contributed by atoms with Crippen LogP contribution < -0.4 is 25.0 Å². The highest BCUT2D eigenvalue weighted by Crippen LogP contribution is 2.36. The molecule has 178 valence electrons. The molecule has 2 aromatic carbocycles. The lowest BCUT2D eigenvalue weighted by atomic mass is 9.94. The van der Waals surface area contributed by atoms with Gasteiger partial charge in [0.2, 0.25) is 5.91 Å². The number of ether oxygens (including phenoxy) is 3. The molecule has 0 bridgehead atoms. The third kappa shape index (κ3) is 7.49. The second-order valence-electron chi connectivity index (χ2n) is 7.56. The van der Waals surface area contributed by atoms with Gasteiger partial charge in [0.05, 0.1) is 31.5 Å². The van der Waals surface area contributed by atoms with Crippen LogP contribution in [-0.4, -0.2) is 38.9 Å². The van der Waals surface area contributed by atoms with Crippen LogP contribution in [0.5, 0.6) is 17.2 Å². The quantitative estimate of drug-likeness (QED) is 0.256. The molecule has 8 nitrogen and oxygen atoms in total. The summed E-state index contributed by atoms with van der Waals surface area (Å²) in [6, 6.07) is 10.4. The summed E-state index contributed by atoms with van der Waals surface area (Å²) in [5.41, 5.74) is 3.73. The molecule has 0 fully saturated rings. The molecule has 0 aliphatic heterocycles. The molecule has 0 saturated heterocycles. The average Bonchev–Trinajstić information content (AvgIpc) is 2.78. The Morgan fingerprint density at radius 3 is 2.36 bits per heavy atom. The zero-order valence-electron chi connectivity index (χ0n) is 19.5. The van der Waals surface area contributed by atoms with Crippen LogP contribution in [0.1, 0.15) is 32.8 Å². The Balaban J connectivity index is 2.07. The minimum atomic E-state index is -0.921. The predicted octanol–water partition coefficient (Wildman–Crippen LogP) is 4.62. The zero-order chi connectivity index (χ0) is 24.4. The lowest BCUT2D eigenvalue weighted by molar-refractivity contribution is -0.134. The number of amides is 2. The molecule has 1 atom stereocenters. The van der Waals surface area contributed by atoms with Crippen molar-refractivity contribution in [2.24, 2.45) is 16.9 Å². The highest BCUT2D eigenvalue weighted by Gasteiger charge is 2.30. The van der Waals surface area contributed by atoms with Crippen molar-refractivity contribution in [2.75, 3.05) is 26.1 Å². The number of rotatable bonds is 11. The Kier molecular flexibility index (Phi) is 10.2. The summed E-state index contributed by atoms with van der Waals surface area (Å²) in [6.45, 7) is 6.19. The van der Waals surface area contributed by atoms with Crippen LogP contribution in [0.4, 0.5) is 5.69 Å². The van der Waals surface area contributed by atoms with E-state index in [9.17, 15) is 9.59 Å². The number of nitrogens with one attached hydrogen (secondary N) is 2. The number of carbonyl (C=O) groups is 2. The van der Waals surface area contributed by atoms with Gasteiger partial charge in [0.1, 0.15) is 11.7 Å². The van der Waals surface area contributed by atoms with E-state index in [2.05, 4.69) is 31.8 Å². The average molecular weight is 520 g/mol. The molecule has 2 N–H and O–H groups in total. The molecule has 1 unspecified atom stereocenters. The molecular formula is C24H30BrN3O5. The van der Waals surface area contributed by atoms with E-state index in [1.165, 1.54) is 6.21 Å². The van der Waals surface area contributed by atoms with Gasteiger partial charge in [0.25, 0.3) is 5.91 Å². The fourth-order valence-corrected chi connectivity index (χ4v) is 3.59. The Labute approximate surface area is 202 Å².